The van der Waals surface area contributed by atoms with Crippen molar-refractivity contribution in [3.63, 3.8) is 0 Å². The fraction of sp³-hybridized carbons (Fsp3) is 0.250. The lowest BCUT2D eigenvalue weighted by molar-refractivity contribution is -0.118. The molecule has 0 aliphatic carbocycles. The van der Waals surface area contributed by atoms with Crippen molar-refractivity contribution in [3.8, 4) is 11.5 Å². The van der Waals surface area contributed by atoms with Crippen LogP contribution >= 0.6 is 11.8 Å². The van der Waals surface area contributed by atoms with Gasteiger partial charge in [-0.2, -0.15) is 5.10 Å². The van der Waals surface area contributed by atoms with Gasteiger partial charge in [-0.25, -0.2) is 0 Å². The quantitative estimate of drug-likeness (QED) is 0.614. The summed E-state index contributed by atoms with van der Waals surface area (Å²) in [6.07, 6.45) is 2.28. The molecule has 1 amide bonds. The summed E-state index contributed by atoms with van der Waals surface area (Å²) in [5.41, 5.74) is 3.17. The molecule has 7 heteroatoms. The van der Waals surface area contributed by atoms with Crippen LogP contribution in [0.25, 0.3) is 0 Å². The van der Waals surface area contributed by atoms with Crippen LogP contribution < -0.4 is 14.8 Å². The third kappa shape index (κ3) is 4.68. The van der Waals surface area contributed by atoms with E-state index in [9.17, 15) is 4.79 Å². The number of thioether (sulfide) groups is 1. The predicted molar refractivity (Wildman–Crippen MR) is 109 cm³/mol. The number of benzene rings is 2. The molecule has 140 valence electrons. The van der Waals surface area contributed by atoms with Crippen LogP contribution in [0.5, 0.6) is 11.5 Å². The van der Waals surface area contributed by atoms with Gasteiger partial charge in [0.2, 0.25) is 5.91 Å². The summed E-state index contributed by atoms with van der Waals surface area (Å²) >= 11 is 1.40. The minimum Gasteiger partial charge on any atom is -0.493 e. The number of amidine groups is 1. The minimum atomic E-state index is -0.193. The molecule has 3 rings (SSSR count). The Morgan fingerprint density at radius 1 is 1.15 bits per heavy atom. The largest absolute Gasteiger partial charge is 0.493 e. The first-order chi connectivity index (χ1) is 13.1. The molecule has 27 heavy (non-hydrogen) atoms. The average Bonchev–Trinajstić information content (AvgIpc) is 3.02. The second-order valence-corrected chi connectivity index (χ2v) is 7.18. The normalized spacial score (nSPS) is 18.1. The SMILES string of the molecule is COc1ccc(/C=N\N=C2/NC(=O)[C@@H](Cc3ccccc3C)S2)cc1OC. The van der Waals surface area contributed by atoms with Gasteiger partial charge in [0.05, 0.1) is 25.7 Å². The van der Waals surface area contributed by atoms with Crippen molar-refractivity contribution in [3.05, 3.63) is 59.2 Å². The number of carbonyl (C=O) groups is 1. The molecule has 1 fully saturated rings. The highest BCUT2D eigenvalue weighted by Crippen LogP contribution is 2.27. The Hall–Kier alpha value is -2.80. The first-order valence-corrected chi connectivity index (χ1v) is 9.33. The van der Waals surface area contributed by atoms with Crippen molar-refractivity contribution in [2.75, 3.05) is 14.2 Å². The molecular weight excluding hydrogens is 362 g/mol. The maximum atomic E-state index is 12.2. The molecule has 1 heterocycles. The highest BCUT2D eigenvalue weighted by molar-refractivity contribution is 8.15. The van der Waals surface area contributed by atoms with Crippen LogP contribution in [0.3, 0.4) is 0 Å². The lowest BCUT2D eigenvalue weighted by Crippen LogP contribution is -2.26. The highest BCUT2D eigenvalue weighted by atomic mass is 32.2. The minimum absolute atomic E-state index is 0.0386. The van der Waals surface area contributed by atoms with Crippen LogP contribution in [0.15, 0.2) is 52.7 Å². The maximum absolute atomic E-state index is 12.2. The Balaban J connectivity index is 1.65. The molecule has 1 N–H and O–H groups in total. The Morgan fingerprint density at radius 3 is 2.67 bits per heavy atom. The summed E-state index contributed by atoms with van der Waals surface area (Å²) in [5.74, 6) is 1.23. The third-order valence-electron chi connectivity index (χ3n) is 4.21. The molecule has 0 spiro atoms. The zero-order chi connectivity index (χ0) is 19.2. The second-order valence-electron chi connectivity index (χ2n) is 5.99. The number of methoxy groups -OCH3 is 2. The number of amides is 1. The van der Waals surface area contributed by atoms with Crippen LogP contribution in [0, 0.1) is 6.92 Å². The summed E-state index contributed by atoms with van der Waals surface area (Å²) in [7, 11) is 3.17. The molecule has 2 aromatic rings. The van der Waals surface area contributed by atoms with Gasteiger partial charge in [-0.05, 0) is 48.2 Å². The van der Waals surface area contributed by atoms with Gasteiger partial charge >= 0.3 is 0 Å². The van der Waals surface area contributed by atoms with Gasteiger partial charge in [0.1, 0.15) is 0 Å². The number of rotatable bonds is 6. The highest BCUT2D eigenvalue weighted by Gasteiger charge is 2.30. The average molecular weight is 383 g/mol. The molecule has 0 saturated carbocycles. The molecule has 2 aromatic carbocycles. The lowest BCUT2D eigenvalue weighted by Gasteiger charge is -2.08. The van der Waals surface area contributed by atoms with Crippen molar-refractivity contribution in [2.45, 2.75) is 18.6 Å². The number of nitrogens with zero attached hydrogens (tertiary/aromatic N) is 2. The van der Waals surface area contributed by atoms with E-state index in [1.54, 1.807) is 26.5 Å². The van der Waals surface area contributed by atoms with E-state index >= 15 is 0 Å². The molecule has 0 unspecified atom stereocenters. The second kappa shape index (κ2) is 8.73. The van der Waals surface area contributed by atoms with Crippen LogP contribution in [0.2, 0.25) is 0 Å². The van der Waals surface area contributed by atoms with Crippen molar-refractivity contribution in [1.29, 1.82) is 0 Å². The van der Waals surface area contributed by atoms with Crippen LogP contribution in [-0.4, -0.2) is 36.8 Å². The Morgan fingerprint density at radius 2 is 1.93 bits per heavy atom. The summed E-state index contributed by atoms with van der Waals surface area (Å²) < 4.78 is 10.5. The molecule has 1 saturated heterocycles. The summed E-state index contributed by atoms with van der Waals surface area (Å²) in [4.78, 5) is 12.2. The first-order valence-electron chi connectivity index (χ1n) is 8.46. The predicted octanol–water partition coefficient (Wildman–Crippen LogP) is 3.18. The van der Waals surface area contributed by atoms with Gasteiger partial charge in [0.15, 0.2) is 16.7 Å². The van der Waals surface area contributed by atoms with E-state index in [-0.39, 0.29) is 11.2 Å². The molecule has 1 aliphatic heterocycles. The van der Waals surface area contributed by atoms with Crippen LogP contribution in [0.4, 0.5) is 0 Å². The van der Waals surface area contributed by atoms with Gasteiger partial charge in [0, 0.05) is 0 Å². The van der Waals surface area contributed by atoms with E-state index in [4.69, 9.17) is 9.47 Å². The monoisotopic (exact) mass is 383 g/mol. The zero-order valence-electron chi connectivity index (χ0n) is 15.4. The van der Waals surface area contributed by atoms with Crippen molar-refractivity contribution in [2.24, 2.45) is 10.2 Å². The van der Waals surface area contributed by atoms with E-state index in [0.717, 1.165) is 5.56 Å². The molecule has 1 atom stereocenters. The van der Waals surface area contributed by atoms with E-state index in [1.165, 1.54) is 22.9 Å². The standard InChI is InChI=1S/C20H21N3O3S/c1-13-6-4-5-7-15(13)11-18-19(24)22-20(27-18)23-21-12-14-8-9-16(25-2)17(10-14)26-3/h4-10,12,18H,11H2,1-3H3,(H,22,23,24)/b21-12-/t18-/m1/s1. The smallest absolute Gasteiger partial charge is 0.239 e. The van der Waals surface area contributed by atoms with Crippen molar-refractivity contribution < 1.29 is 14.3 Å². The number of hydrogen-bond donors (Lipinski definition) is 1. The summed E-state index contributed by atoms with van der Waals surface area (Å²) in [6, 6.07) is 13.6. The van der Waals surface area contributed by atoms with E-state index in [0.29, 0.717) is 23.1 Å². The van der Waals surface area contributed by atoms with Gasteiger partial charge < -0.3 is 14.8 Å². The zero-order valence-corrected chi connectivity index (χ0v) is 16.2. The lowest BCUT2D eigenvalue weighted by atomic mass is 10.0. The van der Waals surface area contributed by atoms with Gasteiger partial charge in [0.25, 0.3) is 0 Å². The number of hydrogen-bond acceptors (Lipinski definition) is 6. The molecule has 6 nitrogen and oxygen atoms in total. The molecule has 0 radical (unpaired) electrons. The first kappa shape index (κ1) is 19.0. The Kier molecular flexibility index (Phi) is 6.13. The van der Waals surface area contributed by atoms with E-state index < -0.39 is 0 Å². The van der Waals surface area contributed by atoms with E-state index in [2.05, 4.69) is 28.5 Å². The van der Waals surface area contributed by atoms with Crippen LogP contribution in [-0.2, 0) is 11.2 Å². The molecule has 0 aromatic heterocycles. The summed E-state index contributed by atoms with van der Waals surface area (Å²) in [6.45, 7) is 2.05. The molecule has 0 bridgehead atoms. The van der Waals surface area contributed by atoms with Crippen molar-refractivity contribution >= 4 is 29.1 Å². The third-order valence-corrected chi connectivity index (χ3v) is 5.28. The van der Waals surface area contributed by atoms with Crippen LogP contribution in [0.1, 0.15) is 16.7 Å². The van der Waals surface area contributed by atoms with Crippen molar-refractivity contribution in [1.82, 2.24) is 5.32 Å². The Labute approximate surface area is 162 Å². The number of carbonyl (C=O) groups excluding carboxylic acids is 1. The molecular formula is C20H21N3O3S. The number of ether oxygens (including phenoxy) is 2. The fourth-order valence-corrected chi connectivity index (χ4v) is 3.66. The summed E-state index contributed by atoms with van der Waals surface area (Å²) in [5, 5.41) is 11.3. The number of aryl methyl sites for hydroxylation is 1. The maximum Gasteiger partial charge on any atom is 0.239 e. The molecule has 1 aliphatic rings. The fourth-order valence-electron chi connectivity index (χ4n) is 2.71. The number of nitrogens with one attached hydrogen (secondary N) is 1. The van der Waals surface area contributed by atoms with E-state index in [1.807, 2.05) is 30.3 Å². The van der Waals surface area contributed by atoms with Gasteiger partial charge in [-0.15, -0.1) is 5.10 Å². The Bertz CT molecular complexity index is 896. The van der Waals surface area contributed by atoms with Gasteiger partial charge in [-0.1, -0.05) is 36.0 Å². The van der Waals surface area contributed by atoms with Gasteiger partial charge in [-0.3, -0.25) is 4.79 Å². The topological polar surface area (TPSA) is 72.3 Å².